The highest BCUT2D eigenvalue weighted by atomic mass is 31.0. The van der Waals surface area contributed by atoms with Crippen molar-refractivity contribution in [3.05, 3.63) is 60.4 Å². The van der Waals surface area contributed by atoms with Gasteiger partial charge in [-0.15, -0.1) is 18.5 Å². The van der Waals surface area contributed by atoms with Gasteiger partial charge in [0.2, 0.25) is 0 Å². The Morgan fingerprint density at radius 3 is 2.29 bits per heavy atom. The molecule has 0 fully saturated rings. The summed E-state index contributed by atoms with van der Waals surface area (Å²) in [6.07, 6.45) is 4.22. The number of hydrogen-bond donors (Lipinski definition) is 0. The quantitative estimate of drug-likeness (QED) is 0.507. The van der Waals surface area contributed by atoms with Crippen LogP contribution in [0.2, 0.25) is 0 Å². The summed E-state index contributed by atoms with van der Waals surface area (Å²) in [5, 5.41) is 2.38. The van der Waals surface area contributed by atoms with Crippen LogP contribution in [0.25, 0.3) is 17.1 Å². The van der Waals surface area contributed by atoms with Gasteiger partial charge in [-0.2, -0.15) is 4.57 Å². The molecule has 21 heavy (non-hydrogen) atoms. The van der Waals surface area contributed by atoms with Crippen molar-refractivity contribution in [3.8, 4) is 17.1 Å². The minimum Gasteiger partial charge on any atom is -0.232 e. The van der Waals surface area contributed by atoms with Gasteiger partial charge in [-0.3, -0.25) is 0 Å². The van der Waals surface area contributed by atoms with Crippen molar-refractivity contribution in [1.82, 2.24) is 4.57 Å². The first-order valence-electron chi connectivity index (χ1n) is 6.87. The molecule has 2 aromatic carbocycles. The zero-order valence-corrected chi connectivity index (χ0v) is 14.6. The monoisotopic (exact) mass is 313 g/mol. The molecule has 0 aliphatic rings. The highest BCUT2D eigenvalue weighted by molar-refractivity contribution is 7.30. The Labute approximate surface area is 130 Å². The van der Waals surface area contributed by atoms with Crippen LogP contribution >= 0.6 is 18.5 Å². The number of benzene rings is 2. The molecule has 106 valence electrons. The lowest BCUT2D eigenvalue weighted by molar-refractivity contribution is -0.659. The number of imidazole rings is 1. The average Bonchev–Trinajstić information content (AvgIpc) is 2.81. The van der Waals surface area contributed by atoms with E-state index in [1.54, 1.807) is 0 Å². The van der Waals surface area contributed by atoms with E-state index in [1.807, 2.05) is 0 Å². The number of aryl methyl sites for hydroxylation is 2. The Balaban J connectivity index is 2.31. The molecule has 1 heterocycles. The summed E-state index contributed by atoms with van der Waals surface area (Å²) in [5.74, 6) is 1.19. The third kappa shape index (κ3) is 2.55. The molecule has 0 N–H and O–H groups in total. The summed E-state index contributed by atoms with van der Waals surface area (Å²) in [7, 11) is 7.75. The molecule has 0 radical (unpaired) electrons. The van der Waals surface area contributed by atoms with Crippen molar-refractivity contribution in [1.29, 1.82) is 0 Å². The normalized spacial score (nSPS) is 10.9. The van der Waals surface area contributed by atoms with Crippen LogP contribution in [0.3, 0.4) is 0 Å². The molecular formula is C17H19N2P2+. The number of para-hydroxylation sites is 1. The lowest BCUT2D eigenvalue weighted by atomic mass is 10.1. The van der Waals surface area contributed by atoms with Crippen LogP contribution in [0, 0.1) is 6.92 Å². The Morgan fingerprint density at radius 2 is 1.62 bits per heavy atom. The maximum Gasteiger partial charge on any atom is 0.294 e. The van der Waals surface area contributed by atoms with Gasteiger partial charge in [-0.25, -0.2) is 4.57 Å². The molecule has 2 unspecified atom stereocenters. The zero-order chi connectivity index (χ0) is 15.0. The van der Waals surface area contributed by atoms with E-state index in [0.29, 0.717) is 0 Å². The van der Waals surface area contributed by atoms with E-state index in [1.165, 1.54) is 33.2 Å². The van der Waals surface area contributed by atoms with Gasteiger partial charge in [0, 0.05) is 10.6 Å². The van der Waals surface area contributed by atoms with Crippen LogP contribution in [0.1, 0.15) is 5.56 Å². The number of rotatable bonds is 2. The molecule has 1 aromatic heterocycles. The van der Waals surface area contributed by atoms with Crippen molar-refractivity contribution in [2.75, 3.05) is 0 Å². The fourth-order valence-corrected chi connectivity index (χ4v) is 3.66. The fraction of sp³-hybridized carbons (Fsp3) is 0.118. The average molecular weight is 313 g/mol. The molecule has 0 spiro atoms. The molecule has 0 saturated carbocycles. The smallest absolute Gasteiger partial charge is 0.232 e. The minimum absolute atomic E-state index is 1.19. The van der Waals surface area contributed by atoms with E-state index in [9.17, 15) is 0 Å². The molecule has 0 aliphatic heterocycles. The van der Waals surface area contributed by atoms with Crippen LogP contribution in [-0.4, -0.2) is 4.57 Å². The molecular weight excluding hydrogens is 294 g/mol. The number of hydrogen-bond acceptors (Lipinski definition) is 0. The second-order valence-corrected chi connectivity index (χ2v) is 6.45. The van der Waals surface area contributed by atoms with Gasteiger partial charge in [-0.05, 0) is 18.6 Å². The molecule has 4 heteroatoms. The van der Waals surface area contributed by atoms with E-state index >= 15 is 0 Å². The lowest BCUT2D eigenvalue weighted by Crippen LogP contribution is -2.30. The Hall–Kier alpha value is -1.49. The zero-order valence-electron chi connectivity index (χ0n) is 12.2. The summed E-state index contributed by atoms with van der Waals surface area (Å²) in [5.41, 5.74) is 3.73. The van der Waals surface area contributed by atoms with Crippen LogP contribution in [0.5, 0.6) is 0 Å². The summed E-state index contributed by atoms with van der Waals surface area (Å²) < 4.78 is 4.43. The maximum atomic E-state index is 2.83. The van der Waals surface area contributed by atoms with Crippen molar-refractivity contribution < 1.29 is 4.57 Å². The van der Waals surface area contributed by atoms with Crippen molar-refractivity contribution in [2.24, 2.45) is 7.05 Å². The molecule has 3 rings (SSSR count). The highest BCUT2D eigenvalue weighted by Gasteiger charge is 2.22. The molecule has 3 aromatic rings. The van der Waals surface area contributed by atoms with Gasteiger partial charge >= 0.3 is 0 Å². The third-order valence-electron chi connectivity index (χ3n) is 3.73. The van der Waals surface area contributed by atoms with Gasteiger partial charge in [0.1, 0.15) is 18.1 Å². The van der Waals surface area contributed by atoms with Gasteiger partial charge in [0.15, 0.2) is 0 Å². The van der Waals surface area contributed by atoms with E-state index in [4.69, 9.17) is 0 Å². The van der Waals surface area contributed by atoms with E-state index in [-0.39, 0.29) is 0 Å². The van der Waals surface area contributed by atoms with Crippen molar-refractivity contribution >= 4 is 29.1 Å². The SMILES string of the molecule is Cc1ccccc1-c1n(-c2c(P)cccc2P)cc[n+]1C. The first-order valence-corrected chi connectivity index (χ1v) is 8.02. The number of aromatic nitrogens is 2. The molecule has 0 aliphatic carbocycles. The van der Waals surface area contributed by atoms with Gasteiger partial charge in [0.25, 0.3) is 5.82 Å². The van der Waals surface area contributed by atoms with E-state index < -0.39 is 0 Å². The van der Waals surface area contributed by atoms with Crippen molar-refractivity contribution in [3.63, 3.8) is 0 Å². The second-order valence-electron chi connectivity index (χ2n) is 5.20. The maximum absolute atomic E-state index is 2.83. The second kappa shape index (κ2) is 5.72. The molecule has 0 bridgehead atoms. The Bertz CT molecular complexity index is 786. The van der Waals surface area contributed by atoms with Gasteiger partial charge < -0.3 is 0 Å². The molecule has 2 atom stereocenters. The van der Waals surface area contributed by atoms with Crippen LogP contribution in [0.15, 0.2) is 54.9 Å². The topological polar surface area (TPSA) is 8.81 Å². The van der Waals surface area contributed by atoms with Gasteiger partial charge in [0.05, 0.1) is 12.6 Å². The van der Waals surface area contributed by atoms with Crippen molar-refractivity contribution in [2.45, 2.75) is 6.92 Å². The van der Waals surface area contributed by atoms with Crippen LogP contribution in [0.4, 0.5) is 0 Å². The third-order valence-corrected chi connectivity index (χ3v) is 4.66. The minimum atomic E-state index is 1.19. The van der Waals surface area contributed by atoms with Gasteiger partial charge in [-0.1, -0.05) is 36.4 Å². The Morgan fingerprint density at radius 1 is 0.952 bits per heavy atom. The molecule has 0 saturated heterocycles. The summed E-state index contributed by atoms with van der Waals surface area (Å²) in [6.45, 7) is 2.15. The standard InChI is InChI=1S/C17H19N2P2/c1-12-6-3-4-7-13(12)17-18(2)10-11-19(17)16-14(20)8-5-9-15(16)21/h3-11H,20-21H2,1-2H3/q+1. The lowest BCUT2D eigenvalue weighted by Gasteiger charge is -2.09. The molecule has 0 amide bonds. The highest BCUT2D eigenvalue weighted by Crippen LogP contribution is 2.23. The van der Waals surface area contributed by atoms with E-state index in [2.05, 4.69) is 96.4 Å². The predicted molar refractivity (Wildman–Crippen MR) is 95.8 cm³/mol. The molecule has 2 nitrogen and oxygen atoms in total. The Kier molecular flexibility index (Phi) is 3.93. The fourth-order valence-electron chi connectivity index (χ4n) is 2.66. The summed E-state index contributed by atoms with van der Waals surface area (Å²) >= 11 is 0. The van der Waals surface area contributed by atoms with Crippen LogP contribution in [-0.2, 0) is 7.05 Å². The number of nitrogens with zero attached hydrogens (tertiary/aromatic N) is 2. The summed E-state index contributed by atoms with van der Waals surface area (Å²) in [6, 6.07) is 14.8. The largest absolute Gasteiger partial charge is 0.294 e. The first-order chi connectivity index (χ1) is 10.1. The summed E-state index contributed by atoms with van der Waals surface area (Å²) in [4.78, 5) is 0. The van der Waals surface area contributed by atoms with E-state index in [0.717, 1.165) is 0 Å². The predicted octanol–water partition coefficient (Wildman–Crippen LogP) is 2.28. The van der Waals surface area contributed by atoms with Crippen LogP contribution < -0.4 is 15.2 Å². The first kappa shape index (κ1) is 14.4.